The first-order valence-corrected chi connectivity index (χ1v) is 14.9. The first-order chi connectivity index (χ1) is 20.9. The molecule has 2 heterocycles. The minimum absolute atomic E-state index is 0.116. The molecule has 4 aromatic carbocycles. The molecule has 0 aliphatic carbocycles. The van der Waals surface area contributed by atoms with Crippen LogP contribution in [0, 0.1) is 6.92 Å². The number of furan rings is 1. The molecule has 44 heavy (non-hydrogen) atoms. The lowest BCUT2D eigenvalue weighted by Crippen LogP contribution is -2.28. The van der Waals surface area contributed by atoms with Crippen molar-refractivity contribution in [1.82, 2.24) is 4.31 Å². The Morgan fingerprint density at radius 2 is 1.73 bits per heavy atom. The van der Waals surface area contributed by atoms with Crippen molar-refractivity contribution < 1.29 is 32.2 Å². The molecule has 0 bridgehead atoms. The summed E-state index contributed by atoms with van der Waals surface area (Å²) in [6.07, 6.45) is -4.57. The molecule has 0 fully saturated rings. The van der Waals surface area contributed by atoms with Gasteiger partial charge in [0, 0.05) is 10.5 Å². The number of aliphatic carboxylic acids is 1. The highest BCUT2D eigenvalue weighted by Crippen LogP contribution is 2.46. The fourth-order valence-corrected chi connectivity index (χ4v) is 6.61. The van der Waals surface area contributed by atoms with Gasteiger partial charge in [-0.2, -0.15) is 13.2 Å². The summed E-state index contributed by atoms with van der Waals surface area (Å²) in [5, 5.41) is 11.8. The van der Waals surface area contributed by atoms with Gasteiger partial charge in [0.05, 0.1) is 18.0 Å². The van der Waals surface area contributed by atoms with Gasteiger partial charge in [-0.25, -0.2) is 4.31 Å². The van der Waals surface area contributed by atoms with E-state index in [0.29, 0.717) is 17.9 Å². The molecule has 5 nitrogen and oxygen atoms in total. The van der Waals surface area contributed by atoms with Gasteiger partial charge >= 0.3 is 12.1 Å². The van der Waals surface area contributed by atoms with Crippen LogP contribution in [0.2, 0.25) is 0 Å². The molecule has 0 radical (unpaired) electrons. The fraction of sp³-hybridized carbons (Fsp3) is 0.229. The van der Waals surface area contributed by atoms with Gasteiger partial charge in [-0.15, -0.1) is 0 Å². The Balaban J connectivity index is 1.36. The third-order valence-corrected chi connectivity index (χ3v) is 9.45. The molecule has 9 heteroatoms. The van der Waals surface area contributed by atoms with Crippen LogP contribution in [0.5, 0.6) is 5.75 Å². The predicted molar refractivity (Wildman–Crippen MR) is 165 cm³/mol. The van der Waals surface area contributed by atoms with Crippen LogP contribution in [-0.2, 0) is 22.9 Å². The molecule has 0 spiro atoms. The van der Waals surface area contributed by atoms with Crippen LogP contribution in [0.4, 0.5) is 13.2 Å². The lowest BCUT2D eigenvalue weighted by molar-refractivity contribution is -0.153. The van der Waals surface area contributed by atoms with E-state index >= 15 is 0 Å². The van der Waals surface area contributed by atoms with Gasteiger partial charge in [0.1, 0.15) is 18.1 Å². The van der Waals surface area contributed by atoms with Crippen LogP contribution >= 0.6 is 11.9 Å². The highest BCUT2D eigenvalue weighted by atomic mass is 32.2. The summed E-state index contributed by atoms with van der Waals surface area (Å²) < 4.78 is 53.5. The van der Waals surface area contributed by atoms with E-state index in [9.17, 15) is 23.1 Å². The molecule has 1 atom stereocenters. The summed E-state index contributed by atoms with van der Waals surface area (Å²) in [4.78, 5) is 12.8. The van der Waals surface area contributed by atoms with Crippen molar-refractivity contribution in [2.45, 2.75) is 49.8 Å². The minimum Gasteiger partial charge on any atom is -0.491 e. The average Bonchev–Trinajstić information content (AvgIpc) is 3.65. The lowest BCUT2D eigenvalue weighted by atomic mass is 9.83. The van der Waals surface area contributed by atoms with Crippen molar-refractivity contribution >= 4 is 28.7 Å². The molecular weight excluding hydrogens is 587 g/mol. The van der Waals surface area contributed by atoms with Crippen molar-refractivity contribution in [2.24, 2.45) is 0 Å². The SMILES string of the molecule is Cc1ccc2ccccc2c1SN(Cc1ccc(C(F)(F)F)o1)C1COc2cc(-c3cccc(C(C)(C)C(=O)O)c3)ccc21. The van der Waals surface area contributed by atoms with Crippen molar-refractivity contribution in [3.8, 4) is 16.9 Å². The summed E-state index contributed by atoms with van der Waals surface area (Å²) in [7, 11) is 0. The quantitative estimate of drug-likeness (QED) is 0.175. The van der Waals surface area contributed by atoms with Crippen LogP contribution in [0.25, 0.3) is 21.9 Å². The normalized spacial score (nSPS) is 15.0. The number of rotatable bonds is 8. The maximum Gasteiger partial charge on any atom is 0.449 e. The first-order valence-electron chi connectivity index (χ1n) is 14.1. The molecular formula is C35H30F3NO4S. The summed E-state index contributed by atoms with van der Waals surface area (Å²) in [5.41, 5.74) is 3.32. The van der Waals surface area contributed by atoms with Crippen LogP contribution in [0.15, 0.2) is 100 Å². The van der Waals surface area contributed by atoms with Gasteiger partial charge < -0.3 is 14.3 Å². The summed E-state index contributed by atoms with van der Waals surface area (Å²) in [5.74, 6) is -1.07. The van der Waals surface area contributed by atoms with Crippen LogP contribution in [0.1, 0.15) is 48.1 Å². The maximum atomic E-state index is 13.4. The Morgan fingerprint density at radius 1 is 0.955 bits per heavy atom. The van der Waals surface area contributed by atoms with Crippen molar-refractivity contribution in [1.29, 1.82) is 0 Å². The minimum atomic E-state index is -4.57. The zero-order chi connectivity index (χ0) is 31.2. The largest absolute Gasteiger partial charge is 0.491 e. The number of nitrogens with zero attached hydrogens (tertiary/aromatic N) is 1. The Kier molecular flexibility index (Phi) is 7.71. The zero-order valence-corrected chi connectivity index (χ0v) is 25.1. The molecule has 1 unspecified atom stereocenters. The number of hydrogen-bond acceptors (Lipinski definition) is 5. The monoisotopic (exact) mass is 617 g/mol. The Labute approximate surface area is 257 Å². The molecule has 5 aromatic rings. The van der Waals surface area contributed by atoms with Crippen LogP contribution in [0.3, 0.4) is 0 Å². The Hall–Kier alpha value is -4.21. The van der Waals surface area contributed by atoms with E-state index in [1.165, 1.54) is 18.0 Å². The molecule has 1 N–H and O–H groups in total. The topological polar surface area (TPSA) is 62.9 Å². The number of aryl methyl sites for hydroxylation is 1. The highest BCUT2D eigenvalue weighted by Gasteiger charge is 2.36. The Bertz CT molecular complexity index is 1860. The van der Waals surface area contributed by atoms with Crippen LogP contribution in [-0.4, -0.2) is 22.0 Å². The summed E-state index contributed by atoms with van der Waals surface area (Å²) in [6, 6.07) is 27.5. The lowest BCUT2D eigenvalue weighted by Gasteiger charge is -2.27. The van der Waals surface area contributed by atoms with E-state index in [0.717, 1.165) is 44.0 Å². The second-order valence-corrected chi connectivity index (χ2v) is 12.5. The molecule has 6 rings (SSSR count). The number of halogens is 3. The van der Waals surface area contributed by atoms with E-state index in [1.54, 1.807) is 19.9 Å². The van der Waals surface area contributed by atoms with E-state index in [-0.39, 0.29) is 18.3 Å². The first kappa shape index (κ1) is 29.8. The van der Waals surface area contributed by atoms with E-state index in [2.05, 4.69) is 6.07 Å². The third kappa shape index (κ3) is 5.69. The number of hydrogen-bond donors (Lipinski definition) is 1. The second-order valence-electron chi connectivity index (χ2n) is 11.5. The molecule has 226 valence electrons. The molecule has 0 saturated carbocycles. The standard InChI is InChI=1S/C35H30F3NO4S/c1-21-11-12-22-7-4-5-10-27(22)32(21)44-39(19-26-14-16-31(43-26)35(36,37)38)29-20-42-30-18-24(13-15-28(29)30)23-8-6-9-25(17-23)34(2,3)33(40)41/h4-18,29H,19-20H2,1-3H3,(H,40,41). The van der Waals surface area contributed by atoms with Gasteiger partial charge in [0.25, 0.3) is 0 Å². The number of ether oxygens (including phenoxy) is 1. The van der Waals surface area contributed by atoms with Crippen molar-refractivity contribution in [3.63, 3.8) is 0 Å². The number of carboxylic acid groups (broad SMARTS) is 1. The van der Waals surface area contributed by atoms with Gasteiger partial charge in [0.2, 0.25) is 5.76 Å². The molecule has 1 aromatic heterocycles. The predicted octanol–water partition coefficient (Wildman–Crippen LogP) is 9.43. The Morgan fingerprint density at radius 3 is 2.48 bits per heavy atom. The average molecular weight is 618 g/mol. The fourth-order valence-electron chi connectivity index (χ4n) is 5.39. The van der Waals surface area contributed by atoms with Crippen molar-refractivity contribution in [3.05, 3.63) is 119 Å². The number of carbonyl (C=O) groups is 1. The van der Waals surface area contributed by atoms with E-state index in [4.69, 9.17) is 9.15 Å². The highest BCUT2D eigenvalue weighted by molar-refractivity contribution is 7.97. The van der Waals surface area contributed by atoms with E-state index in [1.807, 2.05) is 78.0 Å². The van der Waals surface area contributed by atoms with E-state index < -0.39 is 23.3 Å². The van der Waals surface area contributed by atoms with Gasteiger partial charge in [-0.05, 0) is 83.9 Å². The maximum absolute atomic E-state index is 13.4. The van der Waals surface area contributed by atoms with Gasteiger partial charge in [-0.1, -0.05) is 72.8 Å². The van der Waals surface area contributed by atoms with Crippen molar-refractivity contribution in [2.75, 3.05) is 6.61 Å². The molecule has 0 amide bonds. The number of alkyl halides is 3. The van der Waals surface area contributed by atoms with Gasteiger partial charge in [0.15, 0.2) is 0 Å². The molecule has 1 aliphatic heterocycles. The number of carboxylic acids is 1. The number of fused-ring (bicyclic) bond motifs is 2. The number of benzene rings is 4. The summed E-state index contributed by atoms with van der Waals surface area (Å²) >= 11 is 1.48. The van der Waals surface area contributed by atoms with Crippen LogP contribution < -0.4 is 4.74 Å². The molecule has 0 saturated heterocycles. The summed E-state index contributed by atoms with van der Waals surface area (Å²) in [6.45, 7) is 5.78. The molecule has 1 aliphatic rings. The smallest absolute Gasteiger partial charge is 0.449 e. The van der Waals surface area contributed by atoms with Gasteiger partial charge in [-0.3, -0.25) is 4.79 Å². The second kappa shape index (κ2) is 11.4. The zero-order valence-electron chi connectivity index (χ0n) is 24.3. The third-order valence-electron chi connectivity index (χ3n) is 8.11.